The van der Waals surface area contributed by atoms with Gasteiger partial charge in [0.05, 0.1) is 12.1 Å². The van der Waals surface area contributed by atoms with E-state index in [1.807, 2.05) is 0 Å². The zero-order chi connectivity index (χ0) is 15.4. The summed E-state index contributed by atoms with van der Waals surface area (Å²) in [5.74, 6) is -1.52. The van der Waals surface area contributed by atoms with Gasteiger partial charge in [-0.25, -0.2) is 4.98 Å². The smallest absolute Gasteiger partial charge is 0.257 e. The molecule has 0 aliphatic rings. The number of primary amides is 2. The highest BCUT2D eigenvalue weighted by Gasteiger charge is 2.11. The van der Waals surface area contributed by atoms with Gasteiger partial charge < -0.3 is 11.5 Å². The second kappa shape index (κ2) is 6.14. The zero-order valence-corrected chi connectivity index (χ0v) is 11.6. The van der Waals surface area contributed by atoms with Gasteiger partial charge in [-0.15, -0.1) is 11.3 Å². The number of rotatable bonds is 5. The number of benzene rings is 1. The summed E-state index contributed by atoms with van der Waals surface area (Å²) in [5, 5.41) is 4.57. The Kier molecular flexibility index (Phi) is 4.29. The van der Waals surface area contributed by atoms with Crippen LogP contribution in [0.3, 0.4) is 0 Å². The summed E-state index contributed by atoms with van der Waals surface area (Å²) < 4.78 is 0. The van der Waals surface area contributed by atoms with Gasteiger partial charge in [-0.1, -0.05) is 6.07 Å². The number of carbonyl (C=O) groups is 3. The third kappa shape index (κ3) is 3.86. The standard InChI is InChI=1S/C13H12N4O3S/c14-10(18)5-9-6-21-13(16-9)17-12(20)8-3-1-2-7(4-8)11(15)19/h1-4,6H,5H2,(H2,14,18)(H2,15,19)(H,16,17,20). The Morgan fingerprint density at radius 1 is 1.19 bits per heavy atom. The largest absolute Gasteiger partial charge is 0.369 e. The maximum absolute atomic E-state index is 12.0. The van der Waals surface area contributed by atoms with Crippen LogP contribution in [0.5, 0.6) is 0 Å². The first-order valence-electron chi connectivity index (χ1n) is 5.89. The number of aromatic nitrogens is 1. The molecule has 0 bridgehead atoms. The molecule has 1 aromatic heterocycles. The summed E-state index contributed by atoms with van der Waals surface area (Å²) >= 11 is 1.18. The van der Waals surface area contributed by atoms with E-state index >= 15 is 0 Å². The van der Waals surface area contributed by atoms with E-state index in [1.54, 1.807) is 17.5 Å². The fourth-order valence-electron chi connectivity index (χ4n) is 1.61. The molecule has 0 saturated heterocycles. The van der Waals surface area contributed by atoms with Crippen molar-refractivity contribution in [3.8, 4) is 0 Å². The summed E-state index contributed by atoms with van der Waals surface area (Å²) in [6.07, 6.45) is 0.0174. The Balaban J connectivity index is 2.10. The fraction of sp³-hybridized carbons (Fsp3) is 0.0769. The molecule has 0 saturated carbocycles. The van der Waals surface area contributed by atoms with E-state index in [1.165, 1.54) is 23.5 Å². The number of thiazole rings is 1. The number of nitrogens with zero attached hydrogens (tertiary/aromatic N) is 1. The maximum atomic E-state index is 12.0. The first-order valence-corrected chi connectivity index (χ1v) is 6.77. The summed E-state index contributed by atoms with van der Waals surface area (Å²) in [6, 6.07) is 6.04. The van der Waals surface area contributed by atoms with Gasteiger partial charge in [0.15, 0.2) is 5.13 Å². The van der Waals surface area contributed by atoms with Crippen LogP contribution >= 0.6 is 11.3 Å². The van der Waals surface area contributed by atoms with Crippen molar-refractivity contribution in [2.45, 2.75) is 6.42 Å². The molecule has 0 unspecified atom stereocenters. The lowest BCUT2D eigenvalue weighted by Crippen LogP contribution is -2.16. The number of anilines is 1. The van der Waals surface area contributed by atoms with Crippen LogP contribution in [0, 0.1) is 0 Å². The minimum absolute atomic E-state index is 0.0174. The number of nitrogens with one attached hydrogen (secondary N) is 1. The third-order valence-corrected chi connectivity index (χ3v) is 3.34. The Hall–Kier alpha value is -2.74. The van der Waals surface area contributed by atoms with E-state index in [0.29, 0.717) is 10.8 Å². The topological polar surface area (TPSA) is 128 Å². The molecule has 0 atom stereocenters. The molecule has 3 amide bonds. The normalized spacial score (nSPS) is 10.1. The third-order valence-electron chi connectivity index (χ3n) is 2.54. The van der Waals surface area contributed by atoms with E-state index < -0.39 is 17.7 Å². The van der Waals surface area contributed by atoms with Gasteiger partial charge in [0, 0.05) is 16.5 Å². The number of amides is 3. The highest BCUT2D eigenvalue weighted by molar-refractivity contribution is 7.14. The van der Waals surface area contributed by atoms with Gasteiger partial charge >= 0.3 is 0 Å². The minimum Gasteiger partial charge on any atom is -0.369 e. The van der Waals surface area contributed by atoms with E-state index in [0.717, 1.165) is 0 Å². The Labute approximate surface area is 124 Å². The lowest BCUT2D eigenvalue weighted by atomic mass is 10.1. The van der Waals surface area contributed by atoms with E-state index in [2.05, 4.69) is 10.3 Å². The minimum atomic E-state index is -0.609. The van der Waals surface area contributed by atoms with Gasteiger partial charge in [-0.05, 0) is 18.2 Å². The van der Waals surface area contributed by atoms with Crippen LogP contribution in [0.4, 0.5) is 5.13 Å². The average Bonchev–Trinajstić information content (AvgIpc) is 2.85. The highest BCUT2D eigenvalue weighted by Crippen LogP contribution is 2.17. The Morgan fingerprint density at radius 3 is 2.57 bits per heavy atom. The van der Waals surface area contributed by atoms with Gasteiger partial charge in [0.25, 0.3) is 5.91 Å². The van der Waals surface area contributed by atoms with Gasteiger partial charge in [-0.2, -0.15) is 0 Å². The first kappa shape index (κ1) is 14.7. The van der Waals surface area contributed by atoms with Crippen molar-refractivity contribution in [1.29, 1.82) is 0 Å². The fourth-order valence-corrected chi connectivity index (χ4v) is 2.31. The van der Waals surface area contributed by atoms with Crippen molar-refractivity contribution in [1.82, 2.24) is 4.98 Å². The molecular weight excluding hydrogens is 292 g/mol. The molecule has 2 aromatic rings. The van der Waals surface area contributed by atoms with Crippen LogP contribution in [0.25, 0.3) is 0 Å². The number of carbonyl (C=O) groups excluding carboxylic acids is 3. The maximum Gasteiger partial charge on any atom is 0.257 e. The van der Waals surface area contributed by atoms with E-state index in [-0.39, 0.29) is 17.5 Å². The Bertz CT molecular complexity index is 711. The highest BCUT2D eigenvalue weighted by atomic mass is 32.1. The van der Waals surface area contributed by atoms with Gasteiger partial charge in [0.2, 0.25) is 11.8 Å². The second-order valence-electron chi connectivity index (χ2n) is 4.19. The molecule has 0 radical (unpaired) electrons. The molecule has 2 rings (SSSR count). The van der Waals surface area contributed by atoms with Crippen molar-refractivity contribution in [2.75, 3.05) is 5.32 Å². The quantitative estimate of drug-likeness (QED) is 0.743. The monoisotopic (exact) mass is 304 g/mol. The molecule has 0 aliphatic heterocycles. The van der Waals surface area contributed by atoms with Crippen LogP contribution in [0.2, 0.25) is 0 Å². The lowest BCUT2D eigenvalue weighted by Gasteiger charge is -2.03. The van der Waals surface area contributed by atoms with E-state index in [9.17, 15) is 14.4 Å². The Morgan fingerprint density at radius 2 is 1.90 bits per heavy atom. The lowest BCUT2D eigenvalue weighted by molar-refractivity contribution is -0.117. The van der Waals surface area contributed by atoms with Crippen molar-refractivity contribution in [2.24, 2.45) is 11.5 Å². The molecule has 5 N–H and O–H groups in total. The molecule has 1 heterocycles. The molecular formula is C13H12N4O3S. The first-order chi connectivity index (χ1) is 9.95. The zero-order valence-electron chi connectivity index (χ0n) is 10.8. The summed E-state index contributed by atoms with van der Waals surface area (Å²) in [6.45, 7) is 0. The average molecular weight is 304 g/mol. The predicted octanol–water partition coefficient (Wildman–Crippen LogP) is 0.522. The van der Waals surface area contributed by atoms with Crippen LogP contribution in [-0.2, 0) is 11.2 Å². The van der Waals surface area contributed by atoms with Crippen molar-refractivity contribution in [3.05, 3.63) is 46.5 Å². The summed E-state index contributed by atoms with van der Waals surface area (Å²) in [4.78, 5) is 38.0. The second-order valence-corrected chi connectivity index (χ2v) is 5.04. The number of nitrogens with two attached hydrogens (primary N) is 2. The van der Waals surface area contributed by atoms with Crippen LogP contribution in [-0.4, -0.2) is 22.7 Å². The molecule has 8 heteroatoms. The number of hydrogen-bond acceptors (Lipinski definition) is 5. The van der Waals surface area contributed by atoms with Crippen LogP contribution < -0.4 is 16.8 Å². The molecule has 108 valence electrons. The van der Waals surface area contributed by atoms with Crippen LogP contribution in [0.15, 0.2) is 29.6 Å². The molecule has 7 nitrogen and oxygen atoms in total. The molecule has 0 fully saturated rings. The SMILES string of the molecule is NC(=O)Cc1csc(NC(=O)c2cccc(C(N)=O)c2)n1. The van der Waals surface area contributed by atoms with Crippen molar-refractivity contribution < 1.29 is 14.4 Å². The predicted molar refractivity (Wildman–Crippen MR) is 77.9 cm³/mol. The van der Waals surface area contributed by atoms with Crippen molar-refractivity contribution >= 4 is 34.2 Å². The van der Waals surface area contributed by atoms with E-state index in [4.69, 9.17) is 11.5 Å². The van der Waals surface area contributed by atoms with Gasteiger partial charge in [0.1, 0.15) is 0 Å². The van der Waals surface area contributed by atoms with Gasteiger partial charge in [-0.3, -0.25) is 19.7 Å². The summed E-state index contributed by atoms with van der Waals surface area (Å²) in [7, 11) is 0. The molecule has 0 spiro atoms. The molecule has 0 aliphatic carbocycles. The molecule has 1 aromatic carbocycles. The van der Waals surface area contributed by atoms with Crippen molar-refractivity contribution in [3.63, 3.8) is 0 Å². The number of hydrogen-bond donors (Lipinski definition) is 3. The molecule has 21 heavy (non-hydrogen) atoms. The summed E-state index contributed by atoms with van der Waals surface area (Å²) in [5.41, 5.74) is 11.3. The van der Waals surface area contributed by atoms with Crippen LogP contribution in [0.1, 0.15) is 26.4 Å².